The summed E-state index contributed by atoms with van der Waals surface area (Å²) in [6.45, 7) is 6.72. The van der Waals surface area contributed by atoms with Crippen LogP contribution in [0.25, 0.3) is 11.4 Å². The van der Waals surface area contributed by atoms with Gasteiger partial charge in [0.2, 0.25) is 5.91 Å². The van der Waals surface area contributed by atoms with Gasteiger partial charge in [0.15, 0.2) is 5.82 Å². The van der Waals surface area contributed by atoms with E-state index in [2.05, 4.69) is 55.4 Å². The Hall–Kier alpha value is -4.24. The number of ether oxygens (including phenoxy) is 2. The molecule has 0 saturated carbocycles. The van der Waals surface area contributed by atoms with E-state index in [9.17, 15) is 10.1 Å². The molecule has 3 aromatic rings. The lowest BCUT2D eigenvalue weighted by atomic mass is 10.1. The molecule has 3 saturated heterocycles. The van der Waals surface area contributed by atoms with E-state index < -0.39 is 0 Å². The van der Waals surface area contributed by atoms with Crippen LogP contribution in [0.4, 0.5) is 17.2 Å². The number of anilines is 3. The number of amides is 1. The van der Waals surface area contributed by atoms with Crippen LogP contribution >= 0.6 is 0 Å². The molecule has 2 N–H and O–H groups in total. The van der Waals surface area contributed by atoms with Gasteiger partial charge in [0, 0.05) is 68.7 Å². The molecular formula is C31H35N7O4. The van der Waals surface area contributed by atoms with Gasteiger partial charge in [0.25, 0.3) is 0 Å². The van der Waals surface area contributed by atoms with Crippen molar-refractivity contribution in [2.75, 3.05) is 69.3 Å². The number of carbonyl (C=O) groups excluding carboxylic acids is 1. The Labute approximate surface area is 245 Å². The first-order chi connectivity index (χ1) is 20.6. The number of hydrogen-bond donors (Lipinski definition) is 2. The number of hydrogen-bond acceptors (Lipinski definition) is 10. The predicted molar refractivity (Wildman–Crippen MR) is 158 cm³/mol. The fourth-order valence-electron chi connectivity index (χ4n) is 5.59. The third kappa shape index (κ3) is 6.31. The van der Waals surface area contributed by atoms with Crippen LogP contribution in [0.5, 0.6) is 5.75 Å². The van der Waals surface area contributed by atoms with Crippen LogP contribution in [0.15, 0.2) is 54.7 Å². The molecule has 0 aliphatic carbocycles. The average molecular weight is 570 g/mol. The molecule has 3 aliphatic heterocycles. The Morgan fingerprint density at radius 2 is 1.90 bits per heavy atom. The Morgan fingerprint density at radius 3 is 2.62 bits per heavy atom. The third-order valence-corrected chi connectivity index (χ3v) is 8.09. The number of benzene rings is 2. The van der Waals surface area contributed by atoms with E-state index in [1.165, 1.54) is 5.69 Å². The van der Waals surface area contributed by atoms with Crippen LogP contribution in [-0.2, 0) is 9.53 Å². The van der Waals surface area contributed by atoms with Crippen LogP contribution in [0.3, 0.4) is 0 Å². The molecule has 6 rings (SSSR count). The molecule has 0 spiro atoms. The Bertz CT molecular complexity index is 1430. The van der Waals surface area contributed by atoms with Gasteiger partial charge >= 0.3 is 0 Å². The van der Waals surface area contributed by atoms with Gasteiger partial charge in [0.1, 0.15) is 23.7 Å². The summed E-state index contributed by atoms with van der Waals surface area (Å²) in [6, 6.07) is 18.3. The zero-order chi connectivity index (χ0) is 28.9. The SMILES string of the molecule is N#Cc1cc(-c2nccc(Nc3ccc(N4CCN(C5COC5)CC4)cc3)n2)ccc1O[C@@H]1CCN(C(=O)CCO)C1. The Kier molecular flexibility index (Phi) is 8.46. The average Bonchev–Trinajstić information content (AvgIpc) is 3.46. The molecule has 218 valence electrons. The number of carbonyl (C=O) groups is 1. The van der Waals surface area contributed by atoms with Crippen LogP contribution < -0.4 is 15.0 Å². The van der Waals surface area contributed by atoms with Crippen molar-refractivity contribution >= 4 is 23.1 Å². The number of nitrogens with zero attached hydrogens (tertiary/aromatic N) is 6. The monoisotopic (exact) mass is 569 g/mol. The number of likely N-dealkylation sites (tertiary alicyclic amines) is 1. The maximum Gasteiger partial charge on any atom is 0.225 e. The summed E-state index contributed by atoms with van der Waals surface area (Å²) in [6.07, 6.45) is 2.28. The molecule has 11 nitrogen and oxygen atoms in total. The summed E-state index contributed by atoms with van der Waals surface area (Å²) in [5.74, 6) is 1.53. The summed E-state index contributed by atoms with van der Waals surface area (Å²) in [4.78, 5) is 27.8. The van der Waals surface area contributed by atoms with Gasteiger partial charge in [-0.2, -0.15) is 5.26 Å². The van der Waals surface area contributed by atoms with Gasteiger partial charge < -0.3 is 29.7 Å². The molecule has 42 heavy (non-hydrogen) atoms. The minimum absolute atomic E-state index is 0.0881. The van der Waals surface area contributed by atoms with Crippen molar-refractivity contribution in [1.29, 1.82) is 5.26 Å². The lowest BCUT2D eigenvalue weighted by Crippen LogP contribution is -2.56. The van der Waals surface area contributed by atoms with E-state index in [0.717, 1.165) is 45.1 Å². The molecule has 1 amide bonds. The van der Waals surface area contributed by atoms with Crippen LogP contribution in [0, 0.1) is 11.3 Å². The van der Waals surface area contributed by atoms with E-state index in [0.29, 0.717) is 54.1 Å². The summed E-state index contributed by atoms with van der Waals surface area (Å²) in [5, 5.41) is 22.2. The molecule has 1 aromatic heterocycles. The second kappa shape index (κ2) is 12.7. The van der Waals surface area contributed by atoms with E-state index in [1.54, 1.807) is 23.2 Å². The predicted octanol–water partition coefficient (Wildman–Crippen LogP) is 2.64. The highest BCUT2D eigenvalue weighted by molar-refractivity contribution is 5.76. The molecule has 4 heterocycles. The molecule has 3 fully saturated rings. The van der Waals surface area contributed by atoms with Crippen molar-refractivity contribution in [2.24, 2.45) is 0 Å². The zero-order valence-electron chi connectivity index (χ0n) is 23.5. The molecule has 3 aliphatic rings. The largest absolute Gasteiger partial charge is 0.487 e. The van der Waals surface area contributed by atoms with E-state index >= 15 is 0 Å². The molecule has 1 atom stereocenters. The molecule has 11 heteroatoms. The van der Waals surface area contributed by atoms with E-state index in [1.807, 2.05) is 12.1 Å². The van der Waals surface area contributed by atoms with Gasteiger partial charge in [-0.3, -0.25) is 9.69 Å². The number of aliphatic hydroxyl groups is 1. The number of nitrogens with one attached hydrogen (secondary N) is 1. The van der Waals surface area contributed by atoms with Gasteiger partial charge in [-0.15, -0.1) is 0 Å². The van der Waals surface area contributed by atoms with Crippen molar-refractivity contribution in [1.82, 2.24) is 19.8 Å². The topological polar surface area (TPSA) is 127 Å². The molecule has 0 bridgehead atoms. The van der Waals surface area contributed by atoms with Crippen molar-refractivity contribution in [2.45, 2.75) is 25.0 Å². The maximum absolute atomic E-state index is 12.1. The highest BCUT2D eigenvalue weighted by Gasteiger charge is 2.29. The number of piperazine rings is 1. The highest BCUT2D eigenvalue weighted by atomic mass is 16.5. The van der Waals surface area contributed by atoms with Crippen molar-refractivity contribution in [3.63, 3.8) is 0 Å². The summed E-state index contributed by atoms with van der Waals surface area (Å²) in [7, 11) is 0. The number of nitriles is 1. The van der Waals surface area contributed by atoms with Crippen LogP contribution in [0.2, 0.25) is 0 Å². The summed E-state index contributed by atoms with van der Waals surface area (Å²) < 4.78 is 11.4. The standard InChI is InChI=1S/C31H35N7O4/c32-18-23-17-22(1-6-28(23)42-27-8-11-38(19-27)30(40)9-16-39)31-33-10-7-29(35-31)34-24-2-4-25(5-3-24)36-12-14-37(15-13-36)26-20-41-21-26/h1-7,10,17,26-27,39H,8-9,11-16,19-21H2,(H,33,34,35)/t27-/m1/s1. The lowest BCUT2D eigenvalue weighted by molar-refractivity contribution is -0.131. The fourth-order valence-corrected chi connectivity index (χ4v) is 5.59. The van der Waals surface area contributed by atoms with E-state index in [4.69, 9.17) is 14.6 Å². The first-order valence-corrected chi connectivity index (χ1v) is 14.5. The normalized spacial score (nSPS) is 19.3. The van der Waals surface area contributed by atoms with Gasteiger partial charge in [0.05, 0.1) is 38.0 Å². The van der Waals surface area contributed by atoms with Crippen molar-refractivity contribution < 1.29 is 19.4 Å². The van der Waals surface area contributed by atoms with E-state index in [-0.39, 0.29) is 25.0 Å². The minimum atomic E-state index is -0.201. The maximum atomic E-state index is 12.1. The second-order valence-electron chi connectivity index (χ2n) is 10.8. The van der Waals surface area contributed by atoms with Crippen LogP contribution in [0.1, 0.15) is 18.4 Å². The number of rotatable bonds is 9. The third-order valence-electron chi connectivity index (χ3n) is 8.09. The van der Waals surface area contributed by atoms with Crippen LogP contribution in [-0.4, -0.2) is 102 Å². The molecule has 2 aromatic carbocycles. The Morgan fingerprint density at radius 1 is 1.10 bits per heavy atom. The minimum Gasteiger partial charge on any atom is -0.487 e. The Balaban J connectivity index is 1.07. The smallest absolute Gasteiger partial charge is 0.225 e. The summed E-state index contributed by atoms with van der Waals surface area (Å²) >= 11 is 0. The first-order valence-electron chi connectivity index (χ1n) is 14.5. The second-order valence-corrected chi connectivity index (χ2v) is 10.8. The molecular weight excluding hydrogens is 534 g/mol. The lowest BCUT2D eigenvalue weighted by Gasteiger charge is -2.43. The van der Waals surface area contributed by atoms with Gasteiger partial charge in [-0.1, -0.05) is 0 Å². The van der Waals surface area contributed by atoms with Gasteiger partial charge in [-0.05, 0) is 48.5 Å². The fraction of sp³-hybridized carbons (Fsp3) is 0.419. The van der Waals surface area contributed by atoms with Crippen molar-refractivity contribution in [3.05, 3.63) is 60.3 Å². The van der Waals surface area contributed by atoms with Gasteiger partial charge in [-0.25, -0.2) is 9.97 Å². The zero-order valence-corrected chi connectivity index (χ0v) is 23.5. The van der Waals surface area contributed by atoms with Crippen molar-refractivity contribution in [3.8, 4) is 23.2 Å². The number of aromatic nitrogens is 2. The quantitative estimate of drug-likeness (QED) is 0.397. The molecule has 0 unspecified atom stereocenters. The molecule has 0 radical (unpaired) electrons. The summed E-state index contributed by atoms with van der Waals surface area (Å²) in [5.41, 5.74) is 3.23. The number of aliphatic hydroxyl groups excluding tert-OH is 1. The highest BCUT2D eigenvalue weighted by Crippen LogP contribution is 2.28. The first kappa shape index (κ1) is 27.9.